The van der Waals surface area contributed by atoms with Crippen LogP contribution >= 0.6 is 0 Å². The molecule has 2 rings (SSSR count). The van der Waals surface area contributed by atoms with Crippen molar-refractivity contribution in [2.75, 3.05) is 59.9 Å². The van der Waals surface area contributed by atoms with Gasteiger partial charge in [0.05, 0.1) is 0 Å². The monoisotopic (exact) mass is 304 g/mol. The first kappa shape index (κ1) is 16.2. The molecule has 0 amide bonds. The third kappa shape index (κ3) is 4.14. The fourth-order valence-corrected chi connectivity index (χ4v) is 4.73. The predicted octanol–water partition coefficient (Wildman–Crippen LogP) is -0.200. The number of hydrogen-bond donors (Lipinski definition) is 1. The van der Waals surface area contributed by atoms with E-state index in [2.05, 4.69) is 24.3 Å². The lowest BCUT2D eigenvalue weighted by atomic mass is 9.98. The van der Waals surface area contributed by atoms with Crippen LogP contribution in [0.5, 0.6) is 0 Å². The van der Waals surface area contributed by atoms with Gasteiger partial charge in [-0.05, 0) is 45.8 Å². The highest BCUT2D eigenvalue weighted by molar-refractivity contribution is 7.86. The number of hydrogen-bond acceptors (Lipinski definition) is 4. The van der Waals surface area contributed by atoms with Gasteiger partial charge in [0, 0.05) is 39.3 Å². The summed E-state index contributed by atoms with van der Waals surface area (Å²) in [6, 6.07) is 0. The molecule has 6 nitrogen and oxygen atoms in total. The number of piperidine rings is 1. The molecule has 2 fully saturated rings. The van der Waals surface area contributed by atoms with Crippen LogP contribution in [0, 0.1) is 5.92 Å². The Morgan fingerprint density at radius 1 is 1.05 bits per heavy atom. The van der Waals surface area contributed by atoms with Crippen molar-refractivity contribution in [2.45, 2.75) is 19.3 Å². The summed E-state index contributed by atoms with van der Waals surface area (Å²) in [4.78, 5) is 2.19. The minimum Gasteiger partial charge on any atom is -0.315 e. The van der Waals surface area contributed by atoms with Crippen LogP contribution in [0.25, 0.3) is 0 Å². The normalized spacial score (nSPS) is 24.9. The van der Waals surface area contributed by atoms with Crippen molar-refractivity contribution in [2.24, 2.45) is 5.92 Å². The van der Waals surface area contributed by atoms with Crippen molar-refractivity contribution >= 4 is 10.2 Å². The van der Waals surface area contributed by atoms with Gasteiger partial charge in [-0.1, -0.05) is 0 Å². The first-order valence-electron chi connectivity index (χ1n) is 7.61. The number of nitrogens with one attached hydrogen (secondary N) is 1. The van der Waals surface area contributed by atoms with Crippen molar-refractivity contribution in [3.8, 4) is 0 Å². The molecule has 0 atom stereocenters. The quantitative estimate of drug-likeness (QED) is 0.781. The zero-order chi connectivity index (χ0) is 14.6. The van der Waals surface area contributed by atoms with Crippen LogP contribution in [0.2, 0.25) is 0 Å². The van der Waals surface area contributed by atoms with E-state index in [-0.39, 0.29) is 0 Å². The summed E-state index contributed by atoms with van der Waals surface area (Å²) < 4.78 is 28.6. The average Bonchev–Trinajstić information content (AvgIpc) is 2.68. The molecule has 0 aromatic carbocycles. The topological polar surface area (TPSA) is 55.9 Å². The second kappa shape index (κ2) is 7.17. The molecule has 1 N–H and O–H groups in total. The lowest BCUT2D eigenvalue weighted by molar-refractivity contribution is 0.216. The van der Waals surface area contributed by atoms with Crippen molar-refractivity contribution in [3.05, 3.63) is 0 Å². The first-order chi connectivity index (χ1) is 9.50. The van der Waals surface area contributed by atoms with E-state index in [1.54, 1.807) is 8.61 Å². The Morgan fingerprint density at radius 3 is 2.35 bits per heavy atom. The van der Waals surface area contributed by atoms with Crippen LogP contribution in [0.4, 0.5) is 0 Å². The summed E-state index contributed by atoms with van der Waals surface area (Å²) in [5.74, 6) is 0.627. The lowest BCUT2D eigenvalue weighted by Gasteiger charge is -2.35. The van der Waals surface area contributed by atoms with Gasteiger partial charge in [0.15, 0.2) is 0 Å². The minimum atomic E-state index is -3.25. The average molecular weight is 304 g/mol. The van der Waals surface area contributed by atoms with Gasteiger partial charge in [0.2, 0.25) is 0 Å². The molecule has 0 radical (unpaired) electrons. The molecule has 0 aliphatic carbocycles. The largest absolute Gasteiger partial charge is 0.315 e. The van der Waals surface area contributed by atoms with E-state index in [0.29, 0.717) is 32.1 Å². The molecular weight excluding hydrogens is 276 g/mol. The van der Waals surface area contributed by atoms with Gasteiger partial charge < -0.3 is 10.2 Å². The van der Waals surface area contributed by atoms with Crippen molar-refractivity contribution in [1.29, 1.82) is 0 Å². The van der Waals surface area contributed by atoms with Gasteiger partial charge in [0.25, 0.3) is 10.2 Å². The van der Waals surface area contributed by atoms with E-state index in [1.807, 2.05) is 0 Å². The molecule has 2 saturated heterocycles. The first-order valence-corrected chi connectivity index (χ1v) is 9.00. The van der Waals surface area contributed by atoms with E-state index in [4.69, 9.17) is 0 Å². The van der Waals surface area contributed by atoms with E-state index in [9.17, 15) is 8.42 Å². The molecule has 2 aliphatic heterocycles. The SMILES string of the molecule is CN(C)CC1CCN(S(=O)(=O)N2CCCNCC2)CC1. The summed E-state index contributed by atoms with van der Waals surface area (Å²) in [7, 11) is 0.906. The molecule has 0 unspecified atom stereocenters. The van der Waals surface area contributed by atoms with Crippen LogP contribution in [0.3, 0.4) is 0 Å². The maximum absolute atomic E-state index is 12.6. The molecule has 0 bridgehead atoms. The van der Waals surface area contributed by atoms with Crippen molar-refractivity contribution in [1.82, 2.24) is 18.8 Å². The Hall–Kier alpha value is -0.210. The zero-order valence-corrected chi connectivity index (χ0v) is 13.5. The van der Waals surface area contributed by atoms with E-state index in [0.717, 1.165) is 38.9 Å². The standard InChI is InChI=1S/C13H28N4O2S/c1-15(2)12-13-4-9-17(10-5-13)20(18,19)16-8-3-6-14-7-11-16/h13-14H,3-12H2,1-2H3. The molecule has 118 valence electrons. The Balaban J connectivity index is 1.91. The van der Waals surface area contributed by atoms with Crippen LogP contribution < -0.4 is 5.32 Å². The Kier molecular flexibility index (Phi) is 5.80. The molecular formula is C13H28N4O2S. The molecule has 20 heavy (non-hydrogen) atoms. The highest BCUT2D eigenvalue weighted by Crippen LogP contribution is 2.22. The lowest BCUT2D eigenvalue weighted by Crippen LogP contribution is -2.48. The Bertz CT molecular complexity index is 383. The van der Waals surface area contributed by atoms with Crippen LogP contribution in [-0.4, -0.2) is 81.8 Å². The predicted molar refractivity (Wildman–Crippen MR) is 80.8 cm³/mol. The van der Waals surface area contributed by atoms with E-state index in [1.165, 1.54) is 0 Å². The fourth-order valence-electron chi connectivity index (χ4n) is 3.05. The van der Waals surface area contributed by atoms with Gasteiger partial charge in [-0.2, -0.15) is 17.0 Å². The van der Waals surface area contributed by atoms with Gasteiger partial charge in [-0.15, -0.1) is 0 Å². The molecule has 0 aromatic heterocycles. The Morgan fingerprint density at radius 2 is 1.70 bits per heavy atom. The zero-order valence-electron chi connectivity index (χ0n) is 12.7. The number of nitrogens with zero attached hydrogens (tertiary/aromatic N) is 3. The van der Waals surface area contributed by atoms with Crippen LogP contribution in [0.1, 0.15) is 19.3 Å². The summed E-state index contributed by atoms with van der Waals surface area (Å²) in [6.07, 6.45) is 2.85. The highest BCUT2D eigenvalue weighted by atomic mass is 32.2. The van der Waals surface area contributed by atoms with Crippen molar-refractivity contribution in [3.63, 3.8) is 0 Å². The van der Waals surface area contributed by atoms with Gasteiger partial charge in [-0.25, -0.2) is 0 Å². The van der Waals surface area contributed by atoms with Gasteiger partial charge >= 0.3 is 0 Å². The third-order valence-electron chi connectivity index (χ3n) is 4.15. The maximum Gasteiger partial charge on any atom is 0.282 e. The molecule has 2 aliphatic rings. The second-order valence-corrected chi connectivity index (χ2v) is 8.04. The highest BCUT2D eigenvalue weighted by Gasteiger charge is 2.33. The molecule has 7 heteroatoms. The fraction of sp³-hybridized carbons (Fsp3) is 1.00. The Labute approximate surface area is 123 Å². The molecule has 2 heterocycles. The summed E-state index contributed by atoms with van der Waals surface area (Å²) >= 11 is 0. The molecule has 0 spiro atoms. The van der Waals surface area contributed by atoms with E-state index >= 15 is 0 Å². The molecule has 0 saturated carbocycles. The van der Waals surface area contributed by atoms with Crippen molar-refractivity contribution < 1.29 is 8.42 Å². The summed E-state index contributed by atoms with van der Waals surface area (Å²) in [6.45, 7) is 5.32. The van der Waals surface area contributed by atoms with E-state index < -0.39 is 10.2 Å². The maximum atomic E-state index is 12.6. The minimum absolute atomic E-state index is 0.597. The van der Waals surface area contributed by atoms with Gasteiger partial charge in [0.1, 0.15) is 0 Å². The smallest absolute Gasteiger partial charge is 0.282 e. The van der Waals surface area contributed by atoms with Gasteiger partial charge in [-0.3, -0.25) is 0 Å². The van der Waals surface area contributed by atoms with Crippen LogP contribution in [0.15, 0.2) is 0 Å². The third-order valence-corrected chi connectivity index (χ3v) is 6.18. The second-order valence-electron chi connectivity index (χ2n) is 6.12. The molecule has 0 aromatic rings. The number of rotatable bonds is 4. The summed E-state index contributed by atoms with van der Waals surface area (Å²) in [5.41, 5.74) is 0. The van der Waals surface area contributed by atoms with Crippen LogP contribution in [-0.2, 0) is 10.2 Å². The summed E-state index contributed by atoms with van der Waals surface area (Å²) in [5, 5.41) is 3.25.